The van der Waals surface area contributed by atoms with E-state index in [0.717, 1.165) is 89.9 Å². The standard InChI is InChI=1S/C77H138O6/c1-4-7-10-13-16-19-22-25-27-29-31-33-34-35-36-37-38-39-40-41-42-44-45-47-49-52-55-58-61-64-67-70-76(79)82-73-74(72-81-75(78)69-66-63-60-57-54-51-24-21-18-15-12-9-6-3)83-77(80)71-68-65-62-59-56-53-50-48-46-43-32-30-28-26-23-20-17-14-11-8-5-2/h7,10,16,19,23,25-27,30-33,74H,4-6,8-9,11-15,17-18,20-22,24,28-29,34-73H2,1-3H3/b10-7-,19-16-,26-23-,27-25-,32-30-,33-31-. The van der Waals surface area contributed by atoms with Crippen molar-refractivity contribution in [3.63, 3.8) is 0 Å². The third-order valence-corrected chi connectivity index (χ3v) is 16.2. The number of hydrogen-bond acceptors (Lipinski definition) is 6. The Bertz CT molecular complexity index is 1520. The van der Waals surface area contributed by atoms with Crippen LogP contribution in [0.2, 0.25) is 0 Å². The molecule has 0 aliphatic rings. The van der Waals surface area contributed by atoms with Gasteiger partial charge in [0, 0.05) is 19.3 Å². The van der Waals surface area contributed by atoms with Gasteiger partial charge in [0.2, 0.25) is 0 Å². The summed E-state index contributed by atoms with van der Waals surface area (Å²) >= 11 is 0. The Morgan fingerprint density at radius 3 is 0.735 bits per heavy atom. The topological polar surface area (TPSA) is 78.9 Å². The van der Waals surface area contributed by atoms with Crippen LogP contribution in [0, 0.1) is 0 Å². The van der Waals surface area contributed by atoms with Gasteiger partial charge >= 0.3 is 17.9 Å². The van der Waals surface area contributed by atoms with Crippen molar-refractivity contribution >= 4 is 17.9 Å². The lowest BCUT2D eigenvalue weighted by Gasteiger charge is -2.18. The van der Waals surface area contributed by atoms with E-state index in [0.29, 0.717) is 19.3 Å². The molecule has 6 heteroatoms. The van der Waals surface area contributed by atoms with Crippen molar-refractivity contribution < 1.29 is 28.6 Å². The lowest BCUT2D eigenvalue weighted by molar-refractivity contribution is -0.167. The second-order valence-corrected chi connectivity index (χ2v) is 24.5. The Hall–Kier alpha value is -3.15. The van der Waals surface area contributed by atoms with E-state index >= 15 is 0 Å². The van der Waals surface area contributed by atoms with E-state index in [1.165, 1.54) is 250 Å². The predicted molar refractivity (Wildman–Crippen MR) is 362 cm³/mol. The Balaban J connectivity index is 4.19. The zero-order valence-corrected chi connectivity index (χ0v) is 55.5. The smallest absolute Gasteiger partial charge is 0.306 e. The molecule has 0 amide bonds. The maximum absolute atomic E-state index is 13.0. The Kier molecular flexibility index (Phi) is 68.6. The van der Waals surface area contributed by atoms with Gasteiger partial charge in [0.15, 0.2) is 6.10 Å². The van der Waals surface area contributed by atoms with Gasteiger partial charge in [0.1, 0.15) is 13.2 Å². The molecule has 1 unspecified atom stereocenters. The van der Waals surface area contributed by atoms with Crippen LogP contribution in [-0.4, -0.2) is 37.2 Å². The SMILES string of the molecule is CC/C=C\C/C=C\C/C=C\C/C=C\CCCCCCCCCCCCCCCCCCCCC(=O)OCC(COC(=O)CCCCCCCCCCCCCCC)OC(=O)CCCCCCCCCCC/C=C\C/C=C\CCCCCCC. The molecule has 0 rings (SSSR count). The molecule has 0 aromatic carbocycles. The fourth-order valence-corrected chi connectivity index (χ4v) is 10.8. The van der Waals surface area contributed by atoms with Gasteiger partial charge in [-0.3, -0.25) is 14.4 Å². The number of carbonyl (C=O) groups is 3. The Labute approximate surface area is 516 Å². The average Bonchev–Trinajstić information content (AvgIpc) is 3.49. The highest BCUT2D eigenvalue weighted by Crippen LogP contribution is 2.18. The molecule has 83 heavy (non-hydrogen) atoms. The van der Waals surface area contributed by atoms with E-state index in [-0.39, 0.29) is 31.1 Å². The van der Waals surface area contributed by atoms with Gasteiger partial charge in [0.05, 0.1) is 0 Å². The van der Waals surface area contributed by atoms with Crippen LogP contribution >= 0.6 is 0 Å². The Morgan fingerprint density at radius 1 is 0.253 bits per heavy atom. The molecule has 0 aliphatic heterocycles. The minimum atomic E-state index is -0.775. The van der Waals surface area contributed by atoms with Gasteiger partial charge in [-0.2, -0.15) is 0 Å². The monoisotopic (exact) mass is 1160 g/mol. The van der Waals surface area contributed by atoms with Crippen LogP contribution in [-0.2, 0) is 28.6 Å². The van der Waals surface area contributed by atoms with E-state index in [1.54, 1.807) is 0 Å². The molecule has 0 radical (unpaired) electrons. The lowest BCUT2D eigenvalue weighted by Crippen LogP contribution is -2.30. The maximum atomic E-state index is 13.0. The van der Waals surface area contributed by atoms with Crippen molar-refractivity contribution in [3.05, 3.63) is 72.9 Å². The molecule has 482 valence electrons. The van der Waals surface area contributed by atoms with E-state index in [4.69, 9.17) is 14.2 Å². The number of allylic oxidation sites excluding steroid dienone is 12. The summed E-state index contributed by atoms with van der Waals surface area (Å²) in [7, 11) is 0. The predicted octanol–water partition coefficient (Wildman–Crippen LogP) is 25.2. The first-order chi connectivity index (χ1) is 41.0. The molecule has 0 spiro atoms. The molecular weight excluding hydrogens is 1020 g/mol. The molecule has 0 aliphatic carbocycles. The van der Waals surface area contributed by atoms with Crippen molar-refractivity contribution in [1.82, 2.24) is 0 Å². The van der Waals surface area contributed by atoms with Crippen molar-refractivity contribution in [1.29, 1.82) is 0 Å². The molecule has 0 saturated heterocycles. The molecule has 6 nitrogen and oxygen atoms in total. The number of unbranched alkanes of at least 4 members (excludes halogenated alkanes) is 44. The minimum Gasteiger partial charge on any atom is -0.462 e. The first-order valence-electron chi connectivity index (χ1n) is 36.4. The second-order valence-electron chi connectivity index (χ2n) is 24.5. The summed E-state index contributed by atoms with van der Waals surface area (Å²) in [6.45, 7) is 6.57. The van der Waals surface area contributed by atoms with Crippen molar-refractivity contribution in [2.24, 2.45) is 0 Å². The fourth-order valence-electron chi connectivity index (χ4n) is 10.8. The molecular formula is C77H138O6. The highest BCUT2D eigenvalue weighted by Gasteiger charge is 2.19. The van der Waals surface area contributed by atoms with Gasteiger partial charge in [-0.05, 0) is 89.9 Å². The first-order valence-corrected chi connectivity index (χ1v) is 36.4. The van der Waals surface area contributed by atoms with Crippen LogP contribution < -0.4 is 0 Å². The summed E-state index contributed by atoms with van der Waals surface area (Å²) in [5, 5.41) is 0. The molecule has 1 atom stereocenters. The van der Waals surface area contributed by atoms with Crippen LogP contribution in [0.3, 0.4) is 0 Å². The third kappa shape index (κ3) is 69.5. The molecule has 0 heterocycles. The molecule has 0 N–H and O–H groups in total. The summed E-state index contributed by atoms with van der Waals surface area (Å²) in [6.07, 6.45) is 93.7. The van der Waals surface area contributed by atoms with Gasteiger partial charge in [-0.1, -0.05) is 344 Å². The van der Waals surface area contributed by atoms with Crippen LogP contribution in [0.4, 0.5) is 0 Å². The summed E-state index contributed by atoms with van der Waals surface area (Å²) in [5.74, 6) is -0.850. The number of rotatable bonds is 67. The van der Waals surface area contributed by atoms with E-state index in [2.05, 4.69) is 93.7 Å². The molecule has 0 fully saturated rings. The van der Waals surface area contributed by atoms with E-state index in [1.807, 2.05) is 0 Å². The summed E-state index contributed by atoms with van der Waals surface area (Å²) in [5.41, 5.74) is 0. The van der Waals surface area contributed by atoms with Crippen molar-refractivity contribution in [2.75, 3.05) is 13.2 Å². The fraction of sp³-hybridized carbons (Fsp3) is 0.805. The number of carbonyl (C=O) groups excluding carboxylic acids is 3. The van der Waals surface area contributed by atoms with Crippen LogP contribution in [0.15, 0.2) is 72.9 Å². The zero-order valence-electron chi connectivity index (χ0n) is 55.5. The molecule has 0 aromatic rings. The summed E-state index contributed by atoms with van der Waals surface area (Å²) in [4.78, 5) is 38.5. The highest BCUT2D eigenvalue weighted by molar-refractivity contribution is 5.71. The van der Waals surface area contributed by atoms with Crippen molar-refractivity contribution in [3.8, 4) is 0 Å². The van der Waals surface area contributed by atoms with E-state index < -0.39 is 6.10 Å². The highest BCUT2D eigenvalue weighted by atomic mass is 16.6. The average molecular weight is 1160 g/mol. The van der Waals surface area contributed by atoms with Gasteiger partial charge in [0.25, 0.3) is 0 Å². The lowest BCUT2D eigenvalue weighted by atomic mass is 10.0. The van der Waals surface area contributed by atoms with Crippen LogP contribution in [0.5, 0.6) is 0 Å². The van der Waals surface area contributed by atoms with Crippen molar-refractivity contribution in [2.45, 2.75) is 386 Å². The third-order valence-electron chi connectivity index (χ3n) is 16.2. The minimum absolute atomic E-state index is 0.0709. The first kappa shape index (κ1) is 79.8. The normalized spacial score (nSPS) is 12.5. The summed E-state index contributed by atoms with van der Waals surface area (Å²) < 4.78 is 17.0. The summed E-state index contributed by atoms with van der Waals surface area (Å²) in [6, 6.07) is 0. The van der Waals surface area contributed by atoms with Crippen LogP contribution in [0.1, 0.15) is 380 Å². The Morgan fingerprint density at radius 2 is 0.470 bits per heavy atom. The molecule has 0 bridgehead atoms. The number of ether oxygens (including phenoxy) is 3. The molecule has 0 aromatic heterocycles. The quantitative estimate of drug-likeness (QED) is 0.0261. The largest absolute Gasteiger partial charge is 0.462 e. The zero-order chi connectivity index (χ0) is 59.9. The van der Waals surface area contributed by atoms with E-state index in [9.17, 15) is 14.4 Å². The van der Waals surface area contributed by atoms with Crippen LogP contribution in [0.25, 0.3) is 0 Å². The second kappa shape index (κ2) is 71.3. The van der Waals surface area contributed by atoms with Gasteiger partial charge in [-0.15, -0.1) is 0 Å². The number of hydrogen-bond donors (Lipinski definition) is 0. The van der Waals surface area contributed by atoms with Gasteiger partial charge in [-0.25, -0.2) is 0 Å². The maximum Gasteiger partial charge on any atom is 0.306 e. The van der Waals surface area contributed by atoms with Gasteiger partial charge < -0.3 is 14.2 Å². The number of esters is 3. The molecule has 0 saturated carbocycles.